The summed E-state index contributed by atoms with van der Waals surface area (Å²) < 4.78 is 19.8. The van der Waals surface area contributed by atoms with Crippen molar-refractivity contribution in [1.29, 1.82) is 0 Å². The van der Waals surface area contributed by atoms with Crippen molar-refractivity contribution in [3.8, 4) is 0 Å². The van der Waals surface area contributed by atoms with E-state index >= 15 is 0 Å². The lowest BCUT2D eigenvalue weighted by Gasteiger charge is -2.35. The molecule has 0 aliphatic carbocycles. The summed E-state index contributed by atoms with van der Waals surface area (Å²) in [5.74, 6) is -0.813. The van der Waals surface area contributed by atoms with Gasteiger partial charge in [-0.05, 0) is 39.0 Å². The maximum atomic E-state index is 14.0. The first-order valence-electron chi connectivity index (χ1n) is 6.91. The zero-order valence-corrected chi connectivity index (χ0v) is 14.3. The molecule has 0 unspecified atom stereocenters. The summed E-state index contributed by atoms with van der Waals surface area (Å²) in [6.45, 7) is 5.71. The summed E-state index contributed by atoms with van der Waals surface area (Å²) in [6, 6.07) is 4.52. The molecule has 0 bridgehead atoms. The van der Waals surface area contributed by atoms with E-state index in [1.54, 1.807) is 32.9 Å². The minimum Gasteiger partial charge on any atom is -0.444 e. The Balaban J connectivity index is 2.07. The highest BCUT2D eigenvalue weighted by molar-refractivity contribution is 9.10. The zero-order chi connectivity index (χ0) is 16.5. The fourth-order valence-corrected chi connectivity index (χ4v) is 2.44. The van der Waals surface area contributed by atoms with Crippen LogP contribution in [0.5, 0.6) is 0 Å². The van der Waals surface area contributed by atoms with Crippen LogP contribution in [0.2, 0.25) is 0 Å². The Kier molecular flexibility index (Phi) is 4.75. The second kappa shape index (κ2) is 6.24. The number of carbonyl (C=O) groups is 2. The van der Waals surface area contributed by atoms with Gasteiger partial charge in [-0.2, -0.15) is 0 Å². The second-order valence-corrected chi connectivity index (χ2v) is 6.96. The van der Waals surface area contributed by atoms with E-state index in [-0.39, 0.29) is 24.7 Å². The minimum atomic E-state index is -0.616. The van der Waals surface area contributed by atoms with Crippen LogP contribution >= 0.6 is 15.9 Å². The van der Waals surface area contributed by atoms with Crippen molar-refractivity contribution in [2.24, 2.45) is 0 Å². The zero-order valence-electron chi connectivity index (χ0n) is 12.7. The van der Waals surface area contributed by atoms with E-state index in [2.05, 4.69) is 15.9 Å². The average molecular weight is 373 g/mol. The second-order valence-electron chi connectivity index (χ2n) is 6.04. The van der Waals surface area contributed by atoms with Gasteiger partial charge in [-0.25, -0.2) is 9.18 Å². The first kappa shape index (κ1) is 16.7. The lowest BCUT2D eigenvalue weighted by molar-refractivity contribution is -0.121. The minimum absolute atomic E-state index is 0.121. The summed E-state index contributed by atoms with van der Waals surface area (Å²) in [5.41, 5.74) is -0.397. The Morgan fingerprint density at radius 3 is 2.55 bits per heavy atom. The van der Waals surface area contributed by atoms with E-state index < -0.39 is 17.5 Å². The third kappa shape index (κ3) is 3.97. The van der Waals surface area contributed by atoms with Gasteiger partial charge < -0.3 is 9.64 Å². The van der Waals surface area contributed by atoms with Gasteiger partial charge in [0.1, 0.15) is 18.0 Å². The van der Waals surface area contributed by atoms with Gasteiger partial charge in [0.2, 0.25) is 5.91 Å². The molecule has 22 heavy (non-hydrogen) atoms. The van der Waals surface area contributed by atoms with E-state index in [1.165, 1.54) is 15.9 Å². The van der Waals surface area contributed by atoms with Crippen LogP contribution in [0.4, 0.5) is 14.9 Å². The molecule has 1 heterocycles. The quantitative estimate of drug-likeness (QED) is 0.760. The number of amides is 2. The van der Waals surface area contributed by atoms with Crippen LogP contribution in [0, 0.1) is 5.82 Å². The molecule has 0 radical (unpaired) electrons. The average Bonchev–Trinajstić information content (AvgIpc) is 2.37. The van der Waals surface area contributed by atoms with Gasteiger partial charge in [-0.15, -0.1) is 0 Å². The van der Waals surface area contributed by atoms with E-state index in [1.807, 2.05) is 0 Å². The highest BCUT2D eigenvalue weighted by atomic mass is 79.9. The van der Waals surface area contributed by atoms with Gasteiger partial charge in [0.05, 0.1) is 5.69 Å². The van der Waals surface area contributed by atoms with Gasteiger partial charge in [0.25, 0.3) is 0 Å². The Hall–Kier alpha value is -1.63. The molecule has 120 valence electrons. The number of hydrogen-bond donors (Lipinski definition) is 0. The SMILES string of the molecule is CC(C)(C)OC(=O)N1CCN(c2ccc(Br)cc2F)C(=O)C1. The Labute approximate surface area is 137 Å². The molecule has 0 spiro atoms. The Bertz CT molecular complexity index is 601. The summed E-state index contributed by atoms with van der Waals surface area (Å²) in [7, 11) is 0. The van der Waals surface area contributed by atoms with Crippen molar-refractivity contribution in [2.45, 2.75) is 26.4 Å². The molecule has 2 rings (SSSR count). The molecule has 5 nitrogen and oxygen atoms in total. The fourth-order valence-electron chi connectivity index (χ4n) is 2.11. The van der Waals surface area contributed by atoms with Crippen LogP contribution in [0.1, 0.15) is 20.8 Å². The van der Waals surface area contributed by atoms with Crippen molar-refractivity contribution >= 4 is 33.6 Å². The van der Waals surface area contributed by atoms with Crippen molar-refractivity contribution in [2.75, 3.05) is 24.5 Å². The Morgan fingerprint density at radius 1 is 1.32 bits per heavy atom. The van der Waals surface area contributed by atoms with E-state index in [9.17, 15) is 14.0 Å². The molecule has 1 saturated heterocycles. The molecule has 7 heteroatoms. The molecular formula is C15H18BrFN2O3. The molecule has 0 aromatic heterocycles. The standard InChI is InChI=1S/C15H18BrFN2O3/c1-15(2,3)22-14(21)18-6-7-19(13(20)9-18)12-5-4-10(16)8-11(12)17/h4-5,8H,6-7,9H2,1-3H3. The maximum Gasteiger partial charge on any atom is 0.410 e. The first-order chi connectivity index (χ1) is 10.2. The highest BCUT2D eigenvalue weighted by Gasteiger charge is 2.31. The predicted octanol–water partition coefficient (Wildman–Crippen LogP) is 3.17. The largest absolute Gasteiger partial charge is 0.444 e. The number of nitrogens with zero attached hydrogens (tertiary/aromatic N) is 2. The first-order valence-corrected chi connectivity index (χ1v) is 7.70. The van der Waals surface area contributed by atoms with Gasteiger partial charge in [0.15, 0.2) is 0 Å². The third-order valence-corrected chi connectivity index (χ3v) is 3.57. The topological polar surface area (TPSA) is 49.9 Å². The van der Waals surface area contributed by atoms with E-state index in [0.717, 1.165) is 0 Å². The van der Waals surface area contributed by atoms with Crippen molar-refractivity contribution in [1.82, 2.24) is 4.90 Å². The van der Waals surface area contributed by atoms with Crippen LogP contribution < -0.4 is 4.90 Å². The van der Waals surface area contributed by atoms with Crippen LogP contribution in [0.15, 0.2) is 22.7 Å². The summed E-state index contributed by atoms with van der Waals surface area (Å²) in [4.78, 5) is 26.9. The summed E-state index contributed by atoms with van der Waals surface area (Å²) in [6.07, 6.45) is -0.531. The molecule has 1 fully saturated rings. The molecule has 2 amide bonds. The fraction of sp³-hybridized carbons (Fsp3) is 0.467. The number of halogens is 2. The molecular weight excluding hydrogens is 355 g/mol. The van der Waals surface area contributed by atoms with Crippen molar-refractivity contribution < 1.29 is 18.7 Å². The number of benzene rings is 1. The number of anilines is 1. The predicted molar refractivity (Wildman–Crippen MR) is 84.3 cm³/mol. The van der Waals surface area contributed by atoms with Gasteiger partial charge in [-0.1, -0.05) is 15.9 Å². The lowest BCUT2D eigenvalue weighted by Crippen LogP contribution is -2.53. The van der Waals surface area contributed by atoms with E-state index in [4.69, 9.17) is 4.74 Å². The molecule has 0 saturated carbocycles. The highest BCUT2D eigenvalue weighted by Crippen LogP contribution is 2.25. The van der Waals surface area contributed by atoms with Crippen LogP contribution in [0.3, 0.4) is 0 Å². The normalized spacial score (nSPS) is 16.0. The number of ether oxygens (including phenoxy) is 1. The molecule has 1 aromatic rings. The molecule has 1 aromatic carbocycles. The van der Waals surface area contributed by atoms with E-state index in [0.29, 0.717) is 11.0 Å². The number of piperazine rings is 1. The molecule has 0 N–H and O–H groups in total. The van der Waals surface area contributed by atoms with Crippen molar-refractivity contribution in [3.63, 3.8) is 0 Å². The monoisotopic (exact) mass is 372 g/mol. The van der Waals surface area contributed by atoms with Gasteiger partial charge in [0, 0.05) is 17.6 Å². The Morgan fingerprint density at radius 2 is 2.00 bits per heavy atom. The van der Waals surface area contributed by atoms with Gasteiger partial charge >= 0.3 is 6.09 Å². The van der Waals surface area contributed by atoms with Crippen LogP contribution in [-0.4, -0.2) is 42.1 Å². The summed E-state index contributed by atoms with van der Waals surface area (Å²) >= 11 is 3.18. The van der Waals surface area contributed by atoms with Crippen LogP contribution in [-0.2, 0) is 9.53 Å². The smallest absolute Gasteiger partial charge is 0.410 e. The maximum absolute atomic E-state index is 14.0. The number of rotatable bonds is 1. The van der Waals surface area contributed by atoms with Crippen LogP contribution in [0.25, 0.3) is 0 Å². The van der Waals surface area contributed by atoms with Crippen molar-refractivity contribution in [3.05, 3.63) is 28.5 Å². The molecule has 1 aliphatic heterocycles. The molecule has 0 atom stereocenters. The molecule has 1 aliphatic rings. The third-order valence-electron chi connectivity index (χ3n) is 3.07. The number of hydrogen-bond acceptors (Lipinski definition) is 3. The van der Waals surface area contributed by atoms with Gasteiger partial charge in [-0.3, -0.25) is 9.69 Å². The lowest BCUT2D eigenvalue weighted by atomic mass is 10.2. The number of carbonyl (C=O) groups excluding carboxylic acids is 2. The summed E-state index contributed by atoms with van der Waals surface area (Å²) in [5, 5.41) is 0.